The number of carbonyl (C=O) groups is 1. The van der Waals surface area contributed by atoms with Crippen LogP contribution >= 0.6 is 11.6 Å². The minimum Gasteiger partial charge on any atom is -0.465 e. The molecular formula is C24H27ClF3N7O4S. The van der Waals surface area contributed by atoms with Crippen molar-refractivity contribution >= 4 is 33.7 Å². The first kappa shape index (κ1) is 29.6. The number of aromatic nitrogens is 4. The van der Waals surface area contributed by atoms with E-state index in [4.69, 9.17) is 11.6 Å². The van der Waals surface area contributed by atoms with Gasteiger partial charge < -0.3 is 19.9 Å². The van der Waals surface area contributed by atoms with E-state index < -0.39 is 39.6 Å². The minimum atomic E-state index is -4.75. The first-order valence-electron chi connectivity index (χ1n) is 12.1. The minimum absolute atomic E-state index is 0.0331. The molecule has 0 bridgehead atoms. The number of anilines is 1. The predicted octanol–water partition coefficient (Wildman–Crippen LogP) is 4.51. The zero-order valence-corrected chi connectivity index (χ0v) is 23.3. The van der Waals surface area contributed by atoms with E-state index in [1.165, 1.54) is 28.4 Å². The van der Waals surface area contributed by atoms with Crippen molar-refractivity contribution in [2.24, 2.45) is 0 Å². The molecule has 11 nitrogen and oxygen atoms in total. The Hall–Kier alpha value is -3.43. The smallest absolute Gasteiger partial charge is 0.420 e. The Labute approximate surface area is 233 Å². The summed E-state index contributed by atoms with van der Waals surface area (Å²) in [6.07, 6.45) is -0.482. The molecule has 1 fully saturated rings. The van der Waals surface area contributed by atoms with Gasteiger partial charge in [0.15, 0.2) is 0 Å². The number of piperidine rings is 1. The first-order chi connectivity index (χ1) is 18.6. The number of amides is 1. The van der Waals surface area contributed by atoms with Gasteiger partial charge in [0.2, 0.25) is 16.0 Å². The van der Waals surface area contributed by atoms with Crippen LogP contribution in [-0.2, 0) is 16.2 Å². The standard InChI is InChI=1S/C24H27ClF3N7O4S/c1-14(33(2)23(36)37)15-4-5-20(18(25)10-15)34-12-19(30-13-34)21-17(24(26,27)28)11-29-22(32-21)31-16-6-8-35(9-7-16)40(3,38)39/h4-5,10-14,16H,6-9H2,1-3H3,(H,36,37)(H,29,31,32). The predicted molar refractivity (Wildman–Crippen MR) is 142 cm³/mol. The van der Waals surface area contributed by atoms with Gasteiger partial charge in [-0.15, -0.1) is 0 Å². The highest BCUT2D eigenvalue weighted by Gasteiger charge is 2.36. The van der Waals surface area contributed by atoms with Gasteiger partial charge >= 0.3 is 12.3 Å². The largest absolute Gasteiger partial charge is 0.465 e. The summed E-state index contributed by atoms with van der Waals surface area (Å²) in [6, 6.07) is 4.18. The van der Waals surface area contributed by atoms with Crippen LogP contribution in [0.4, 0.5) is 23.9 Å². The summed E-state index contributed by atoms with van der Waals surface area (Å²) in [7, 11) is -1.89. The van der Waals surface area contributed by atoms with Gasteiger partial charge in [-0.25, -0.2) is 32.5 Å². The summed E-state index contributed by atoms with van der Waals surface area (Å²) in [4.78, 5) is 24.5. The van der Waals surface area contributed by atoms with E-state index in [1.807, 2.05) is 0 Å². The molecule has 2 aromatic heterocycles. The number of rotatable bonds is 7. The van der Waals surface area contributed by atoms with Crippen LogP contribution in [0.5, 0.6) is 0 Å². The molecule has 3 heterocycles. The molecule has 1 aromatic carbocycles. The van der Waals surface area contributed by atoms with Crippen LogP contribution in [0.1, 0.15) is 36.9 Å². The van der Waals surface area contributed by atoms with E-state index in [0.29, 0.717) is 30.3 Å². The molecule has 216 valence electrons. The maximum atomic E-state index is 13.9. The van der Waals surface area contributed by atoms with E-state index >= 15 is 0 Å². The van der Waals surface area contributed by atoms with Gasteiger partial charge in [0.25, 0.3) is 0 Å². The van der Waals surface area contributed by atoms with Crippen molar-refractivity contribution in [2.45, 2.75) is 38.0 Å². The number of hydrogen-bond donors (Lipinski definition) is 2. The van der Waals surface area contributed by atoms with Gasteiger partial charge in [0.1, 0.15) is 23.3 Å². The zero-order valence-electron chi connectivity index (χ0n) is 21.7. The molecule has 1 unspecified atom stereocenters. The Morgan fingerprint density at radius 2 is 1.93 bits per heavy atom. The van der Waals surface area contributed by atoms with Crippen molar-refractivity contribution < 1.29 is 31.5 Å². The molecule has 1 aliphatic rings. The Morgan fingerprint density at radius 3 is 2.50 bits per heavy atom. The molecule has 0 spiro atoms. The number of halogens is 4. The maximum Gasteiger partial charge on any atom is 0.420 e. The van der Waals surface area contributed by atoms with Gasteiger partial charge in [-0.1, -0.05) is 17.7 Å². The second kappa shape index (κ2) is 11.2. The van der Waals surface area contributed by atoms with Crippen LogP contribution in [0.3, 0.4) is 0 Å². The summed E-state index contributed by atoms with van der Waals surface area (Å²) in [6.45, 7) is 2.25. The SMILES string of the molecule is CC(c1ccc(-n2cnc(-c3nc(NC4CCN(S(C)(=O)=O)CC4)ncc3C(F)(F)F)c2)c(Cl)c1)N(C)C(=O)O. The topological polar surface area (TPSA) is 134 Å². The van der Waals surface area contributed by atoms with Crippen molar-refractivity contribution in [3.8, 4) is 17.1 Å². The summed E-state index contributed by atoms with van der Waals surface area (Å²) in [5, 5.41) is 12.5. The lowest BCUT2D eigenvalue weighted by Gasteiger charge is -2.30. The van der Waals surface area contributed by atoms with Gasteiger partial charge in [0, 0.05) is 38.6 Å². The highest BCUT2D eigenvalue weighted by atomic mass is 35.5. The van der Waals surface area contributed by atoms with Crippen molar-refractivity contribution in [1.29, 1.82) is 0 Å². The Kier molecular flexibility index (Phi) is 8.28. The van der Waals surface area contributed by atoms with Gasteiger partial charge in [-0.3, -0.25) is 0 Å². The van der Waals surface area contributed by atoms with E-state index in [-0.39, 0.29) is 35.8 Å². The molecule has 40 heavy (non-hydrogen) atoms. The number of carboxylic acid groups (broad SMARTS) is 1. The van der Waals surface area contributed by atoms with Crippen molar-refractivity contribution in [3.63, 3.8) is 0 Å². The van der Waals surface area contributed by atoms with Crippen molar-refractivity contribution in [2.75, 3.05) is 31.7 Å². The van der Waals surface area contributed by atoms with Crippen LogP contribution in [0.15, 0.2) is 36.9 Å². The van der Waals surface area contributed by atoms with E-state index in [1.54, 1.807) is 25.1 Å². The molecule has 1 aliphatic heterocycles. The number of nitrogens with one attached hydrogen (secondary N) is 1. The molecule has 3 aromatic rings. The normalized spacial score (nSPS) is 16.1. The first-order valence-corrected chi connectivity index (χ1v) is 14.3. The Morgan fingerprint density at radius 1 is 1.25 bits per heavy atom. The number of sulfonamides is 1. The highest BCUT2D eigenvalue weighted by Crippen LogP contribution is 2.36. The lowest BCUT2D eigenvalue weighted by atomic mass is 10.1. The molecule has 0 aliphatic carbocycles. The molecule has 1 atom stereocenters. The molecule has 4 rings (SSSR count). The summed E-state index contributed by atoms with van der Waals surface area (Å²) >= 11 is 6.45. The quantitative estimate of drug-likeness (QED) is 0.404. The van der Waals surface area contributed by atoms with Crippen molar-refractivity contribution in [3.05, 3.63) is 53.1 Å². The molecule has 1 amide bonds. The van der Waals surface area contributed by atoms with E-state index in [9.17, 15) is 31.5 Å². The van der Waals surface area contributed by atoms with Crippen LogP contribution in [0.2, 0.25) is 5.02 Å². The third-order valence-corrected chi connectivity index (χ3v) is 8.40. The van der Waals surface area contributed by atoms with Crippen molar-refractivity contribution in [1.82, 2.24) is 28.7 Å². The second-order valence-electron chi connectivity index (χ2n) is 9.48. The van der Waals surface area contributed by atoms with Crippen LogP contribution in [0, 0.1) is 0 Å². The third kappa shape index (κ3) is 6.47. The number of alkyl halides is 3. The fourth-order valence-electron chi connectivity index (χ4n) is 4.33. The molecule has 2 N–H and O–H groups in total. The lowest BCUT2D eigenvalue weighted by molar-refractivity contribution is -0.137. The average molecular weight is 602 g/mol. The van der Waals surface area contributed by atoms with Gasteiger partial charge in [-0.05, 0) is 37.5 Å². The molecule has 1 saturated heterocycles. The summed E-state index contributed by atoms with van der Waals surface area (Å²) < 4.78 is 67.8. The number of benzene rings is 1. The van der Waals surface area contributed by atoms with Gasteiger partial charge in [0.05, 0.1) is 23.0 Å². The number of hydrogen-bond acceptors (Lipinski definition) is 7. The summed E-state index contributed by atoms with van der Waals surface area (Å²) in [5.74, 6) is -0.0331. The third-order valence-electron chi connectivity index (χ3n) is 6.79. The van der Waals surface area contributed by atoms with Crippen LogP contribution < -0.4 is 5.32 Å². The van der Waals surface area contributed by atoms with Crippen LogP contribution in [0.25, 0.3) is 17.1 Å². The molecule has 0 saturated carbocycles. The maximum absolute atomic E-state index is 13.9. The fourth-order valence-corrected chi connectivity index (χ4v) is 5.49. The average Bonchev–Trinajstić information content (AvgIpc) is 3.36. The number of nitrogens with zero attached hydrogens (tertiary/aromatic N) is 6. The highest BCUT2D eigenvalue weighted by molar-refractivity contribution is 7.88. The Balaban J connectivity index is 1.60. The lowest BCUT2D eigenvalue weighted by Crippen LogP contribution is -2.42. The number of imidazole rings is 1. The van der Waals surface area contributed by atoms with E-state index in [2.05, 4.69) is 20.3 Å². The molecule has 0 radical (unpaired) electrons. The fraction of sp³-hybridized carbons (Fsp3) is 0.417. The summed E-state index contributed by atoms with van der Waals surface area (Å²) in [5.41, 5.74) is -0.507. The second-order valence-corrected chi connectivity index (χ2v) is 11.9. The van der Waals surface area contributed by atoms with Gasteiger partial charge in [-0.2, -0.15) is 13.2 Å². The zero-order chi connectivity index (χ0) is 29.4. The van der Waals surface area contributed by atoms with Crippen LogP contribution in [-0.4, -0.2) is 80.8 Å². The molecular weight excluding hydrogens is 575 g/mol. The van der Waals surface area contributed by atoms with E-state index in [0.717, 1.165) is 11.2 Å². The molecule has 16 heteroatoms. The monoisotopic (exact) mass is 601 g/mol. The Bertz CT molecular complexity index is 1510.